The van der Waals surface area contributed by atoms with Gasteiger partial charge in [0.15, 0.2) is 0 Å². The largest absolute Gasteiger partial charge is 0.497 e. The molecule has 2 amide bonds. The van der Waals surface area contributed by atoms with Gasteiger partial charge in [0.1, 0.15) is 29.3 Å². The van der Waals surface area contributed by atoms with E-state index in [2.05, 4.69) is 34.3 Å². The topological polar surface area (TPSA) is 100 Å². The molecule has 3 aromatic rings. The molecule has 5 rings (SSSR count). The number of methoxy groups -OCH3 is 1. The lowest BCUT2D eigenvalue weighted by Gasteiger charge is -2.54. The lowest BCUT2D eigenvalue weighted by atomic mass is 9.51. The molecule has 2 atom stereocenters. The summed E-state index contributed by atoms with van der Waals surface area (Å²) >= 11 is 0. The average Bonchev–Trinajstić information content (AvgIpc) is 3.42. The number of carbonyl (C=O) groups excluding carboxylic acids is 2. The minimum Gasteiger partial charge on any atom is -0.497 e. The maximum Gasteiger partial charge on any atom is 0.248 e. The Morgan fingerprint density at radius 2 is 1.91 bits per heavy atom. The van der Waals surface area contributed by atoms with Crippen molar-refractivity contribution in [2.75, 3.05) is 19.0 Å². The van der Waals surface area contributed by atoms with E-state index in [1.807, 2.05) is 24.3 Å². The summed E-state index contributed by atoms with van der Waals surface area (Å²) < 4.78 is 19.9. The number of nitrogens with one attached hydrogen (secondary N) is 2. The van der Waals surface area contributed by atoms with E-state index in [1.54, 1.807) is 25.4 Å². The standard InChI is InChI=1S/C25H28FN5O3/c1-24(2)13-25(14-24,15-4-6-17(34-3)7-5-15)23(33)31-12-16(26)10-20(31)22(32)29-21-9-8-18-19(28-21)11-27-30-18/h4-9,11,16,20H,10,12-14H2,1-3H3,(H,27,30)(H,28,29,32)/t16-,20-/m1/s1. The molecule has 0 bridgehead atoms. The second kappa shape index (κ2) is 8.07. The number of alkyl halides is 1. The maximum absolute atomic E-state index is 14.6. The van der Waals surface area contributed by atoms with Crippen LogP contribution in [0.3, 0.4) is 0 Å². The number of aromatic nitrogens is 3. The number of benzene rings is 1. The molecule has 0 unspecified atom stereocenters. The SMILES string of the molecule is COc1ccc(C2(C(=O)N3C[C@H](F)C[C@@H]3C(=O)Nc3ccc4[nH]ncc4n3)CC(C)(C)C2)cc1. The fraction of sp³-hybridized carbons (Fsp3) is 0.440. The smallest absolute Gasteiger partial charge is 0.248 e. The Hall–Kier alpha value is -3.49. The van der Waals surface area contributed by atoms with E-state index >= 15 is 0 Å². The Kier molecular flexibility index (Phi) is 5.30. The molecule has 0 radical (unpaired) electrons. The van der Waals surface area contributed by atoms with Crippen molar-refractivity contribution in [3.8, 4) is 5.75 Å². The quantitative estimate of drug-likeness (QED) is 0.600. The summed E-state index contributed by atoms with van der Waals surface area (Å²) in [5.41, 5.74) is 1.41. The molecule has 34 heavy (non-hydrogen) atoms. The van der Waals surface area contributed by atoms with Crippen molar-refractivity contribution in [2.45, 2.75) is 50.7 Å². The number of likely N-dealkylation sites (tertiary alicyclic amines) is 1. The number of pyridine rings is 1. The summed E-state index contributed by atoms with van der Waals surface area (Å²) in [5, 5.41) is 9.50. The third kappa shape index (κ3) is 3.78. The normalized spacial score (nSPS) is 22.9. The molecule has 2 N–H and O–H groups in total. The summed E-state index contributed by atoms with van der Waals surface area (Å²) in [4.78, 5) is 32.9. The maximum atomic E-state index is 14.6. The van der Waals surface area contributed by atoms with Gasteiger partial charge in [-0.25, -0.2) is 9.37 Å². The molecule has 1 saturated heterocycles. The third-order valence-corrected chi connectivity index (χ3v) is 6.97. The van der Waals surface area contributed by atoms with Gasteiger partial charge in [0, 0.05) is 6.42 Å². The van der Waals surface area contributed by atoms with Crippen molar-refractivity contribution in [3.63, 3.8) is 0 Å². The van der Waals surface area contributed by atoms with Crippen molar-refractivity contribution >= 4 is 28.7 Å². The molecule has 1 aliphatic carbocycles. The Bertz CT molecular complexity index is 1230. The van der Waals surface area contributed by atoms with Crippen LogP contribution in [-0.2, 0) is 15.0 Å². The molecule has 9 heteroatoms. The number of hydrogen-bond acceptors (Lipinski definition) is 5. The molecular formula is C25H28FN5O3. The number of anilines is 1. The monoisotopic (exact) mass is 465 g/mol. The number of nitrogens with zero attached hydrogens (tertiary/aromatic N) is 3. The number of rotatable bonds is 5. The first-order valence-electron chi connectivity index (χ1n) is 11.4. The Balaban J connectivity index is 1.41. The molecule has 1 saturated carbocycles. The second-order valence-electron chi connectivity index (χ2n) is 10.1. The van der Waals surface area contributed by atoms with Gasteiger partial charge in [0.05, 0.1) is 30.8 Å². The van der Waals surface area contributed by atoms with Crippen LogP contribution >= 0.6 is 0 Å². The molecule has 1 aliphatic heterocycles. The minimum absolute atomic E-state index is 0.0217. The van der Waals surface area contributed by atoms with Gasteiger partial charge in [-0.2, -0.15) is 5.10 Å². The van der Waals surface area contributed by atoms with Gasteiger partial charge in [-0.05, 0) is 48.1 Å². The highest BCUT2D eigenvalue weighted by Gasteiger charge is 2.58. The summed E-state index contributed by atoms with van der Waals surface area (Å²) in [6.07, 6.45) is 1.53. The van der Waals surface area contributed by atoms with E-state index in [0.29, 0.717) is 29.9 Å². The van der Waals surface area contributed by atoms with Gasteiger partial charge in [-0.15, -0.1) is 0 Å². The number of hydrogen-bond donors (Lipinski definition) is 2. The number of ether oxygens (including phenoxy) is 1. The van der Waals surface area contributed by atoms with Crippen molar-refractivity contribution in [3.05, 3.63) is 48.2 Å². The van der Waals surface area contributed by atoms with Gasteiger partial charge in [-0.3, -0.25) is 14.7 Å². The lowest BCUT2D eigenvalue weighted by molar-refractivity contribution is -0.149. The molecule has 1 aromatic carbocycles. The Morgan fingerprint density at radius 3 is 2.59 bits per heavy atom. The first-order valence-corrected chi connectivity index (χ1v) is 11.4. The highest BCUT2D eigenvalue weighted by atomic mass is 19.1. The van der Waals surface area contributed by atoms with Crippen molar-refractivity contribution in [1.82, 2.24) is 20.1 Å². The van der Waals surface area contributed by atoms with E-state index in [-0.39, 0.29) is 24.3 Å². The third-order valence-electron chi connectivity index (χ3n) is 6.97. The fourth-order valence-electron chi connectivity index (χ4n) is 5.61. The second-order valence-corrected chi connectivity index (χ2v) is 10.1. The first kappa shape index (κ1) is 22.3. The van der Waals surface area contributed by atoms with Crippen LogP contribution in [0.2, 0.25) is 0 Å². The molecule has 2 aromatic heterocycles. The van der Waals surface area contributed by atoms with Crippen molar-refractivity contribution in [2.24, 2.45) is 5.41 Å². The highest BCUT2D eigenvalue weighted by molar-refractivity contribution is 6.00. The summed E-state index contributed by atoms with van der Waals surface area (Å²) in [6, 6.07) is 9.97. The summed E-state index contributed by atoms with van der Waals surface area (Å²) in [7, 11) is 1.59. The van der Waals surface area contributed by atoms with Crippen LogP contribution in [0.1, 0.15) is 38.7 Å². The summed E-state index contributed by atoms with van der Waals surface area (Å²) in [5.74, 6) is 0.403. The van der Waals surface area contributed by atoms with Gasteiger partial charge >= 0.3 is 0 Å². The van der Waals surface area contributed by atoms with E-state index in [0.717, 1.165) is 11.1 Å². The Labute approximate surface area is 196 Å². The van der Waals surface area contributed by atoms with Crippen LogP contribution in [0, 0.1) is 5.41 Å². The zero-order chi connectivity index (χ0) is 24.1. The number of fused-ring (bicyclic) bond motifs is 1. The highest BCUT2D eigenvalue weighted by Crippen LogP contribution is 2.57. The summed E-state index contributed by atoms with van der Waals surface area (Å²) in [6.45, 7) is 4.14. The molecule has 2 aliphatic rings. The van der Waals surface area contributed by atoms with Gasteiger partial charge in [0.25, 0.3) is 0 Å². The van der Waals surface area contributed by atoms with Crippen LogP contribution in [-0.4, -0.2) is 57.8 Å². The van der Waals surface area contributed by atoms with Crippen LogP contribution in [0.15, 0.2) is 42.6 Å². The molecule has 2 fully saturated rings. The minimum atomic E-state index is -1.26. The first-order chi connectivity index (χ1) is 16.2. The average molecular weight is 466 g/mol. The molecule has 3 heterocycles. The zero-order valence-electron chi connectivity index (χ0n) is 19.5. The number of halogens is 1. The number of aromatic amines is 1. The van der Waals surface area contributed by atoms with Crippen LogP contribution in [0.5, 0.6) is 5.75 Å². The van der Waals surface area contributed by atoms with Crippen molar-refractivity contribution < 1.29 is 18.7 Å². The zero-order valence-corrected chi connectivity index (χ0v) is 19.5. The Morgan fingerprint density at radius 1 is 1.18 bits per heavy atom. The molecule has 8 nitrogen and oxygen atoms in total. The fourth-order valence-corrected chi connectivity index (χ4v) is 5.61. The van der Waals surface area contributed by atoms with Crippen LogP contribution < -0.4 is 10.1 Å². The lowest BCUT2D eigenvalue weighted by Crippen LogP contribution is -2.59. The van der Waals surface area contributed by atoms with E-state index in [4.69, 9.17) is 4.74 Å². The predicted molar refractivity (Wildman–Crippen MR) is 125 cm³/mol. The van der Waals surface area contributed by atoms with Crippen molar-refractivity contribution in [1.29, 1.82) is 0 Å². The number of carbonyl (C=O) groups is 2. The number of amides is 2. The van der Waals surface area contributed by atoms with Crippen LogP contribution in [0.25, 0.3) is 11.0 Å². The molecule has 0 spiro atoms. The van der Waals surface area contributed by atoms with E-state index < -0.39 is 23.5 Å². The van der Waals surface area contributed by atoms with E-state index in [1.165, 1.54) is 4.90 Å². The van der Waals surface area contributed by atoms with Crippen LogP contribution in [0.4, 0.5) is 10.2 Å². The predicted octanol–water partition coefficient (Wildman–Crippen LogP) is 3.60. The molecular weight excluding hydrogens is 437 g/mol. The van der Waals surface area contributed by atoms with Gasteiger partial charge < -0.3 is 15.0 Å². The van der Waals surface area contributed by atoms with Gasteiger partial charge in [0.2, 0.25) is 11.8 Å². The molecule has 178 valence electrons. The van der Waals surface area contributed by atoms with Gasteiger partial charge in [-0.1, -0.05) is 26.0 Å². The number of H-pyrrole nitrogens is 1. The van der Waals surface area contributed by atoms with E-state index in [9.17, 15) is 14.0 Å².